The summed E-state index contributed by atoms with van der Waals surface area (Å²) in [4.78, 5) is 7.61. The fourth-order valence-corrected chi connectivity index (χ4v) is 2.05. The molecule has 0 aliphatic rings. The van der Waals surface area contributed by atoms with Crippen LogP contribution in [0.25, 0.3) is 11.0 Å². The van der Waals surface area contributed by atoms with Gasteiger partial charge in [0.15, 0.2) is 0 Å². The first kappa shape index (κ1) is 11.9. The molecule has 0 aliphatic carbocycles. The molecule has 5 heteroatoms. The predicted octanol–water partition coefficient (Wildman–Crippen LogP) is 3.97. The van der Waals surface area contributed by atoms with Crippen LogP contribution in [0.1, 0.15) is 0 Å². The van der Waals surface area contributed by atoms with Gasteiger partial charge in [-0.2, -0.15) is 0 Å². The van der Waals surface area contributed by atoms with Gasteiger partial charge in [-0.25, -0.2) is 4.98 Å². The lowest BCUT2D eigenvalue weighted by molar-refractivity contribution is 0.415. The van der Waals surface area contributed by atoms with Crippen LogP contribution < -0.4 is 10.1 Å². The van der Waals surface area contributed by atoms with Gasteiger partial charge >= 0.3 is 0 Å². The third-order valence-electron chi connectivity index (χ3n) is 2.78. The molecule has 3 rings (SSSR count). The number of halogens is 1. The lowest BCUT2D eigenvalue weighted by Gasteiger charge is -2.04. The number of aromatic amines is 1. The van der Waals surface area contributed by atoms with Crippen molar-refractivity contribution in [3.8, 4) is 5.75 Å². The quantitative estimate of drug-likeness (QED) is 0.759. The molecule has 0 amide bonds. The Bertz CT molecular complexity index is 724. The number of ether oxygens (including phenoxy) is 1. The number of methoxy groups -OCH3 is 1. The van der Waals surface area contributed by atoms with E-state index in [4.69, 9.17) is 16.3 Å². The third kappa shape index (κ3) is 2.48. The zero-order chi connectivity index (χ0) is 13.2. The number of nitrogens with zero attached hydrogens (tertiary/aromatic N) is 1. The molecule has 0 bridgehead atoms. The van der Waals surface area contributed by atoms with Gasteiger partial charge in [-0.05, 0) is 30.3 Å². The van der Waals surface area contributed by atoms with Gasteiger partial charge in [-0.3, -0.25) is 0 Å². The molecule has 0 saturated carbocycles. The number of imidazole rings is 1. The molecule has 0 aliphatic heterocycles. The Kier molecular flexibility index (Phi) is 3.01. The average Bonchev–Trinajstić information content (AvgIpc) is 2.80. The minimum Gasteiger partial charge on any atom is -0.497 e. The van der Waals surface area contributed by atoms with E-state index in [2.05, 4.69) is 15.3 Å². The van der Waals surface area contributed by atoms with E-state index < -0.39 is 0 Å². The third-order valence-corrected chi connectivity index (χ3v) is 3.01. The van der Waals surface area contributed by atoms with Crippen LogP contribution in [0, 0.1) is 0 Å². The fourth-order valence-electron chi connectivity index (χ4n) is 1.88. The van der Waals surface area contributed by atoms with Crippen LogP contribution in [0.3, 0.4) is 0 Å². The van der Waals surface area contributed by atoms with Crippen LogP contribution in [0.5, 0.6) is 5.75 Å². The van der Waals surface area contributed by atoms with Gasteiger partial charge in [0.2, 0.25) is 5.95 Å². The van der Waals surface area contributed by atoms with E-state index in [1.54, 1.807) is 7.11 Å². The molecule has 0 radical (unpaired) electrons. The molecule has 1 aromatic heterocycles. The van der Waals surface area contributed by atoms with Gasteiger partial charge in [-0.15, -0.1) is 0 Å². The van der Waals surface area contributed by atoms with Crippen molar-refractivity contribution < 1.29 is 4.74 Å². The van der Waals surface area contributed by atoms with E-state index in [-0.39, 0.29) is 0 Å². The van der Waals surface area contributed by atoms with E-state index in [1.165, 1.54) is 0 Å². The average molecular weight is 274 g/mol. The second-order valence-corrected chi connectivity index (χ2v) is 4.54. The molecule has 2 N–H and O–H groups in total. The highest BCUT2D eigenvalue weighted by atomic mass is 35.5. The Balaban J connectivity index is 1.92. The SMILES string of the molecule is COc1cccc(Nc2nc3ccc(Cl)cc3[nH]2)c1. The summed E-state index contributed by atoms with van der Waals surface area (Å²) in [5.74, 6) is 1.47. The van der Waals surface area contributed by atoms with Crippen molar-refractivity contribution in [1.82, 2.24) is 9.97 Å². The zero-order valence-electron chi connectivity index (χ0n) is 10.3. The normalized spacial score (nSPS) is 10.6. The van der Waals surface area contributed by atoms with Crippen molar-refractivity contribution in [3.63, 3.8) is 0 Å². The summed E-state index contributed by atoms with van der Waals surface area (Å²) in [6, 6.07) is 13.2. The Labute approximate surface area is 115 Å². The Morgan fingerprint density at radius 1 is 1.21 bits per heavy atom. The Morgan fingerprint density at radius 2 is 2.11 bits per heavy atom. The van der Waals surface area contributed by atoms with Crippen molar-refractivity contribution in [3.05, 3.63) is 47.5 Å². The highest BCUT2D eigenvalue weighted by Crippen LogP contribution is 2.23. The number of hydrogen-bond acceptors (Lipinski definition) is 3. The number of fused-ring (bicyclic) bond motifs is 1. The number of anilines is 2. The molecular weight excluding hydrogens is 262 g/mol. The molecule has 2 aromatic carbocycles. The minimum absolute atomic E-state index is 0.672. The largest absolute Gasteiger partial charge is 0.497 e. The van der Waals surface area contributed by atoms with Gasteiger partial charge in [0, 0.05) is 16.8 Å². The van der Waals surface area contributed by atoms with Crippen molar-refractivity contribution in [2.75, 3.05) is 12.4 Å². The number of aromatic nitrogens is 2. The van der Waals surface area contributed by atoms with E-state index in [1.807, 2.05) is 42.5 Å². The van der Waals surface area contributed by atoms with Crippen LogP contribution in [0.4, 0.5) is 11.6 Å². The van der Waals surface area contributed by atoms with E-state index >= 15 is 0 Å². The maximum Gasteiger partial charge on any atom is 0.205 e. The number of nitrogens with one attached hydrogen (secondary N) is 2. The predicted molar refractivity (Wildman–Crippen MR) is 77.4 cm³/mol. The van der Waals surface area contributed by atoms with Gasteiger partial charge < -0.3 is 15.0 Å². The molecule has 0 unspecified atom stereocenters. The highest BCUT2D eigenvalue weighted by molar-refractivity contribution is 6.31. The molecule has 0 fully saturated rings. The summed E-state index contributed by atoms with van der Waals surface area (Å²) < 4.78 is 5.18. The van der Waals surface area contributed by atoms with Crippen LogP contribution in [-0.2, 0) is 0 Å². The summed E-state index contributed by atoms with van der Waals surface area (Å²) in [5.41, 5.74) is 2.68. The maximum atomic E-state index is 5.94. The van der Waals surface area contributed by atoms with Gasteiger partial charge in [0.05, 0.1) is 18.1 Å². The molecule has 0 saturated heterocycles. The summed E-state index contributed by atoms with van der Waals surface area (Å²) in [6.45, 7) is 0. The van der Waals surface area contributed by atoms with Crippen LogP contribution in [0.15, 0.2) is 42.5 Å². The van der Waals surface area contributed by atoms with Gasteiger partial charge in [0.1, 0.15) is 5.75 Å². The number of hydrogen-bond donors (Lipinski definition) is 2. The summed E-state index contributed by atoms with van der Waals surface area (Å²) in [7, 11) is 1.64. The Hall–Kier alpha value is -2.20. The molecule has 4 nitrogen and oxygen atoms in total. The fraction of sp³-hybridized carbons (Fsp3) is 0.0714. The molecule has 19 heavy (non-hydrogen) atoms. The molecule has 3 aromatic rings. The first-order chi connectivity index (χ1) is 9.24. The first-order valence-electron chi connectivity index (χ1n) is 5.81. The number of H-pyrrole nitrogens is 1. The monoisotopic (exact) mass is 273 g/mol. The lowest BCUT2D eigenvalue weighted by Crippen LogP contribution is -1.92. The van der Waals surface area contributed by atoms with E-state index in [9.17, 15) is 0 Å². The van der Waals surface area contributed by atoms with Crippen LogP contribution in [0.2, 0.25) is 5.02 Å². The zero-order valence-corrected chi connectivity index (χ0v) is 11.0. The first-order valence-corrected chi connectivity index (χ1v) is 6.19. The van der Waals surface area contributed by atoms with Gasteiger partial charge in [-0.1, -0.05) is 17.7 Å². The number of benzene rings is 2. The molecule has 0 atom stereocenters. The standard InChI is InChI=1S/C14H12ClN3O/c1-19-11-4-2-3-10(8-11)16-14-17-12-6-5-9(15)7-13(12)18-14/h2-8H,1H3,(H2,16,17,18). The summed E-state index contributed by atoms with van der Waals surface area (Å²) in [6.07, 6.45) is 0. The molecule has 1 heterocycles. The van der Waals surface area contributed by atoms with Crippen molar-refractivity contribution in [2.45, 2.75) is 0 Å². The van der Waals surface area contributed by atoms with Crippen LogP contribution in [-0.4, -0.2) is 17.1 Å². The van der Waals surface area contributed by atoms with Crippen LogP contribution >= 0.6 is 11.6 Å². The lowest BCUT2D eigenvalue weighted by atomic mass is 10.3. The topological polar surface area (TPSA) is 49.9 Å². The second-order valence-electron chi connectivity index (χ2n) is 4.10. The van der Waals surface area contributed by atoms with Crippen molar-refractivity contribution in [2.24, 2.45) is 0 Å². The minimum atomic E-state index is 0.672. The van der Waals surface area contributed by atoms with Gasteiger partial charge in [0.25, 0.3) is 0 Å². The summed E-state index contributed by atoms with van der Waals surface area (Å²) >= 11 is 5.94. The molecule has 0 spiro atoms. The second kappa shape index (κ2) is 4.82. The smallest absolute Gasteiger partial charge is 0.205 e. The van der Waals surface area contributed by atoms with E-state index in [0.717, 1.165) is 22.5 Å². The van der Waals surface area contributed by atoms with Crippen molar-refractivity contribution in [1.29, 1.82) is 0 Å². The Morgan fingerprint density at radius 3 is 2.95 bits per heavy atom. The molecule has 96 valence electrons. The maximum absolute atomic E-state index is 5.94. The van der Waals surface area contributed by atoms with E-state index in [0.29, 0.717) is 11.0 Å². The summed E-state index contributed by atoms with van der Waals surface area (Å²) in [5, 5.41) is 3.88. The van der Waals surface area contributed by atoms with Crippen molar-refractivity contribution >= 4 is 34.3 Å². The molecular formula is C14H12ClN3O. The highest BCUT2D eigenvalue weighted by Gasteiger charge is 2.04. The number of rotatable bonds is 3.